The molecule has 0 aliphatic heterocycles. The molecule has 0 amide bonds. The Morgan fingerprint density at radius 3 is 2.47 bits per heavy atom. The van der Waals surface area contributed by atoms with Crippen LogP contribution in [-0.4, -0.2) is 4.98 Å². The van der Waals surface area contributed by atoms with Gasteiger partial charge in [0.1, 0.15) is 5.01 Å². The van der Waals surface area contributed by atoms with Crippen LogP contribution in [0.1, 0.15) is 10.4 Å². The smallest absolute Gasteiger partial charge is 0.399 e. The number of hydrogen-bond acceptors (Lipinski definition) is 3. The summed E-state index contributed by atoms with van der Waals surface area (Å²) in [6.07, 6.45) is -2.77. The number of rotatable bonds is 1. The third-order valence-electron chi connectivity index (χ3n) is 2.15. The van der Waals surface area contributed by atoms with Crippen LogP contribution in [0.3, 0.4) is 0 Å². The average Bonchev–Trinajstić information content (AvgIpc) is 2.62. The van der Waals surface area contributed by atoms with E-state index in [1.807, 2.05) is 6.92 Å². The summed E-state index contributed by atoms with van der Waals surface area (Å²) < 4.78 is 37.8. The van der Waals surface area contributed by atoms with Gasteiger partial charge < -0.3 is 5.73 Å². The molecule has 0 bridgehead atoms. The standard InChI is InChI=1S/C11H9F3N2S/c1-6-5-16-10(17-6)7-2-8(11(12,13)14)4-9(15)3-7/h2-5H,15H2,1H3. The summed E-state index contributed by atoms with van der Waals surface area (Å²) in [6, 6.07) is 3.48. The van der Waals surface area contributed by atoms with E-state index in [4.69, 9.17) is 5.73 Å². The Bertz CT molecular complexity index is 546. The Hall–Kier alpha value is -1.56. The second-order valence-electron chi connectivity index (χ2n) is 3.62. The number of nitrogens with two attached hydrogens (primary N) is 1. The molecule has 2 rings (SSSR count). The highest BCUT2D eigenvalue weighted by molar-refractivity contribution is 7.14. The molecule has 0 radical (unpaired) electrons. The van der Waals surface area contributed by atoms with Gasteiger partial charge in [-0.15, -0.1) is 11.3 Å². The Kier molecular flexibility index (Phi) is 2.82. The summed E-state index contributed by atoms with van der Waals surface area (Å²) in [5, 5.41) is 0.542. The molecule has 2 N–H and O–H groups in total. The molecule has 2 nitrogen and oxygen atoms in total. The van der Waals surface area contributed by atoms with Gasteiger partial charge in [0, 0.05) is 22.3 Å². The van der Waals surface area contributed by atoms with E-state index in [-0.39, 0.29) is 5.69 Å². The molecule has 1 aromatic heterocycles. The molecule has 0 saturated carbocycles. The average molecular weight is 258 g/mol. The zero-order valence-electron chi connectivity index (χ0n) is 8.88. The largest absolute Gasteiger partial charge is 0.416 e. The molecule has 0 spiro atoms. The predicted molar refractivity (Wildman–Crippen MR) is 61.7 cm³/mol. The lowest BCUT2D eigenvalue weighted by Crippen LogP contribution is -2.05. The van der Waals surface area contributed by atoms with E-state index in [1.54, 1.807) is 6.20 Å². The van der Waals surface area contributed by atoms with E-state index in [0.29, 0.717) is 10.6 Å². The number of nitrogens with zero attached hydrogens (tertiary/aromatic N) is 1. The lowest BCUT2D eigenvalue weighted by Gasteiger charge is -2.09. The molecular weight excluding hydrogens is 249 g/mol. The first-order valence-corrected chi connectivity index (χ1v) is 5.58. The van der Waals surface area contributed by atoms with Crippen molar-refractivity contribution >= 4 is 17.0 Å². The number of benzene rings is 1. The Balaban J connectivity index is 2.52. The molecule has 2 aromatic rings. The molecule has 1 aromatic carbocycles. The van der Waals surface area contributed by atoms with Gasteiger partial charge in [0.05, 0.1) is 5.56 Å². The second kappa shape index (κ2) is 4.03. The maximum absolute atomic E-state index is 12.6. The SMILES string of the molecule is Cc1cnc(-c2cc(N)cc(C(F)(F)F)c2)s1. The first kappa shape index (κ1) is 11.9. The lowest BCUT2D eigenvalue weighted by atomic mass is 10.1. The molecule has 6 heteroatoms. The molecule has 17 heavy (non-hydrogen) atoms. The first-order valence-electron chi connectivity index (χ1n) is 4.77. The summed E-state index contributed by atoms with van der Waals surface area (Å²) >= 11 is 1.33. The Labute approximate surface area is 99.9 Å². The Morgan fingerprint density at radius 1 is 1.24 bits per heavy atom. The fourth-order valence-corrected chi connectivity index (χ4v) is 2.18. The van der Waals surface area contributed by atoms with Crippen LogP contribution in [0.15, 0.2) is 24.4 Å². The van der Waals surface area contributed by atoms with Gasteiger partial charge in [-0.3, -0.25) is 0 Å². The van der Waals surface area contributed by atoms with Gasteiger partial charge in [0.15, 0.2) is 0 Å². The van der Waals surface area contributed by atoms with Crippen molar-refractivity contribution in [3.8, 4) is 10.6 Å². The monoisotopic (exact) mass is 258 g/mol. The van der Waals surface area contributed by atoms with Crippen LogP contribution < -0.4 is 5.73 Å². The van der Waals surface area contributed by atoms with Gasteiger partial charge in [-0.1, -0.05) is 0 Å². The third-order valence-corrected chi connectivity index (χ3v) is 3.11. The minimum atomic E-state index is -4.39. The van der Waals surface area contributed by atoms with E-state index in [0.717, 1.165) is 17.0 Å². The van der Waals surface area contributed by atoms with Crippen LogP contribution in [0.5, 0.6) is 0 Å². The van der Waals surface area contributed by atoms with Crippen LogP contribution in [0.4, 0.5) is 18.9 Å². The topological polar surface area (TPSA) is 38.9 Å². The number of nitrogen functional groups attached to an aromatic ring is 1. The van der Waals surface area contributed by atoms with E-state index >= 15 is 0 Å². The number of aromatic nitrogens is 1. The minimum absolute atomic E-state index is 0.0858. The molecule has 0 saturated heterocycles. The van der Waals surface area contributed by atoms with Gasteiger partial charge >= 0.3 is 6.18 Å². The van der Waals surface area contributed by atoms with Gasteiger partial charge in [-0.2, -0.15) is 13.2 Å². The summed E-state index contributed by atoms with van der Waals surface area (Å²) in [5.41, 5.74) is 5.21. The highest BCUT2D eigenvalue weighted by Crippen LogP contribution is 2.35. The van der Waals surface area contributed by atoms with Gasteiger partial charge in [-0.25, -0.2) is 4.98 Å². The molecule has 0 aliphatic rings. The fraction of sp³-hybridized carbons (Fsp3) is 0.182. The number of aryl methyl sites for hydroxylation is 1. The molecule has 0 atom stereocenters. The van der Waals surface area contributed by atoms with Crippen LogP contribution in [-0.2, 0) is 6.18 Å². The number of anilines is 1. The van der Waals surface area contributed by atoms with E-state index in [9.17, 15) is 13.2 Å². The number of hydrogen-bond donors (Lipinski definition) is 1. The fourth-order valence-electron chi connectivity index (χ4n) is 1.43. The highest BCUT2D eigenvalue weighted by atomic mass is 32.1. The third kappa shape index (κ3) is 2.58. The van der Waals surface area contributed by atoms with Crippen molar-refractivity contribution in [2.24, 2.45) is 0 Å². The van der Waals surface area contributed by atoms with Crippen LogP contribution >= 0.6 is 11.3 Å². The van der Waals surface area contributed by atoms with E-state index < -0.39 is 11.7 Å². The normalized spacial score (nSPS) is 11.8. The lowest BCUT2D eigenvalue weighted by molar-refractivity contribution is -0.137. The van der Waals surface area contributed by atoms with Crippen molar-refractivity contribution in [1.82, 2.24) is 4.98 Å². The summed E-state index contributed by atoms with van der Waals surface area (Å²) in [4.78, 5) is 4.99. The minimum Gasteiger partial charge on any atom is -0.399 e. The van der Waals surface area contributed by atoms with Crippen LogP contribution in [0.2, 0.25) is 0 Å². The predicted octanol–water partition coefficient (Wildman–Crippen LogP) is 3.72. The van der Waals surface area contributed by atoms with Crippen molar-refractivity contribution in [3.63, 3.8) is 0 Å². The van der Waals surface area contributed by atoms with Crippen molar-refractivity contribution in [2.75, 3.05) is 5.73 Å². The molecule has 0 unspecified atom stereocenters. The summed E-state index contributed by atoms with van der Waals surface area (Å²) in [5.74, 6) is 0. The molecule has 90 valence electrons. The highest BCUT2D eigenvalue weighted by Gasteiger charge is 2.31. The molecule has 1 heterocycles. The quantitative estimate of drug-likeness (QED) is 0.792. The summed E-state index contributed by atoms with van der Waals surface area (Å²) in [6.45, 7) is 1.85. The van der Waals surface area contributed by atoms with Crippen LogP contribution in [0, 0.1) is 6.92 Å². The van der Waals surface area contributed by atoms with Crippen molar-refractivity contribution in [2.45, 2.75) is 13.1 Å². The number of thiazole rings is 1. The maximum atomic E-state index is 12.6. The van der Waals surface area contributed by atoms with Gasteiger partial charge in [-0.05, 0) is 25.1 Å². The zero-order chi connectivity index (χ0) is 12.6. The zero-order valence-corrected chi connectivity index (χ0v) is 9.69. The van der Waals surface area contributed by atoms with E-state index in [1.165, 1.54) is 17.4 Å². The van der Waals surface area contributed by atoms with Crippen LogP contribution in [0.25, 0.3) is 10.6 Å². The van der Waals surface area contributed by atoms with Crippen molar-refractivity contribution in [3.05, 3.63) is 34.8 Å². The van der Waals surface area contributed by atoms with Gasteiger partial charge in [0.25, 0.3) is 0 Å². The molecule has 0 fully saturated rings. The maximum Gasteiger partial charge on any atom is 0.416 e. The van der Waals surface area contributed by atoms with Crippen molar-refractivity contribution in [1.29, 1.82) is 0 Å². The van der Waals surface area contributed by atoms with E-state index in [2.05, 4.69) is 4.98 Å². The van der Waals surface area contributed by atoms with Gasteiger partial charge in [0.2, 0.25) is 0 Å². The number of alkyl halides is 3. The first-order chi connectivity index (χ1) is 7.86. The Morgan fingerprint density at radius 2 is 1.94 bits per heavy atom. The number of halogens is 3. The molecule has 0 aliphatic carbocycles. The summed E-state index contributed by atoms with van der Waals surface area (Å²) in [7, 11) is 0. The van der Waals surface area contributed by atoms with Crippen molar-refractivity contribution < 1.29 is 13.2 Å². The second-order valence-corrected chi connectivity index (χ2v) is 4.85. The molecular formula is C11H9F3N2S.